The minimum Gasteiger partial charge on any atom is -0.480 e. The topological polar surface area (TPSA) is 87.7 Å². The molecule has 0 heterocycles. The lowest BCUT2D eigenvalue weighted by molar-refractivity contribution is -0.140. The van der Waals surface area contributed by atoms with E-state index in [9.17, 15) is 18.4 Å². The Balaban J connectivity index is 2.60. The van der Waals surface area contributed by atoms with Gasteiger partial charge in [0.2, 0.25) is 0 Å². The summed E-state index contributed by atoms with van der Waals surface area (Å²) in [5.41, 5.74) is 0.321. The van der Waals surface area contributed by atoms with E-state index in [-0.39, 0.29) is 11.7 Å². The van der Waals surface area contributed by atoms with Crippen molar-refractivity contribution in [2.45, 2.75) is 26.5 Å². The minimum atomic E-state index is -2.92. The zero-order valence-corrected chi connectivity index (χ0v) is 11.5. The van der Waals surface area contributed by atoms with Crippen molar-refractivity contribution < 1.29 is 28.2 Å². The summed E-state index contributed by atoms with van der Waals surface area (Å²) in [6.07, 6.45) is 0. The number of anilines is 1. The average Bonchev–Trinajstić information content (AvgIpc) is 2.37. The van der Waals surface area contributed by atoms with Crippen molar-refractivity contribution in [2.75, 3.05) is 5.32 Å². The number of halogens is 2. The summed E-state index contributed by atoms with van der Waals surface area (Å²) in [6, 6.07) is 3.54. The molecule has 0 aliphatic carbocycles. The molecule has 3 N–H and O–H groups in total. The van der Waals surface area contributed by atoms with Gasteiger partial charge in [-0.3, -0.25) is 0 Å². The summed E-state index contributed by atoms with van der Waals surface area (Å²) in [5.74, 6) is -1.46. The maximum atomic E-state index is 12.0. The van der Waals surface area contributed by atoms with Gasteiger partial charge < -0.3 is 20.5 Å². The van der Waals surface area contributed by atoms with Crippen LogP contribution in [0.3, 0.4) is 0 Å². The maximum absolute atomic E-state index is 12.0. The number of benzene rings is 1. The van der Waals surface area contributed by atoms with Crippen molar-refractivity contribution in [2.24, 2.45) is 5.92 Å². The first-order valence-electron chi connectivity index (χ1n) is 6.14. The third-order valence-electron chi connectivity index (χ3n) is 2.56. The second kappa shape index (κ2) is 7.41. The quantitative estimate of drug-likeness (QED) is 0.753. The molecule has 0 bridgehead atoms. The summed E-state index contributed by atoms with van der Waals surface area (Å²) in [6.45, 7) is 0.403. The highest BCUT2D eigenvalue weighted by Crippen LogP contribution is 2.17. The number of amides is 2. The molecule has 1 aromatic carbocycles. The molecule has 0 radical (unpaired) electrons. The summed E-state index contributed by atoms with van der Waals surface area (Å²) in [5, 5.41) is 13.7. The van der Waals surface area contributed by atoms with E-state index in [1.807, 2.05) is 0 Å². The van der Waals surface area contributed by atoms with Crippen LogP contribution in [-0.4, -0.2) is 29.8 Å². The zero-order valence-electron chi connectivity index (χ0n) is 11.5. The van der Waals surface area contributed by atoms with E-state index in [4.69, 9.17) is 5.11 Å². The predicted octanol–water partition coefficient (Wildman–Crippen LogP) is 2.52. The van der Waals surface area contributed by atoms with Gasteiger partial charge in [-0.1, -0.05) is 13.8 Å². The molecule has 0 unspecified atom stereocenters. The molecular formula is C13H16F2N2O4. The Morgan fingerprint density at radius 1 is 1.19 bits per heavy atom. The van der Waals surface area contributed by atoms with E-state index in [1.54, 1.807) is 13.8 Å². The smallest absolute Gasteiger partial charge is 0.387 e. The molecule has 0 spiro atoms. The van der Waals surface area contributed by atoms with E-state index in [1.165, 1.54) is 24.3 Å². The van der Waals surface area contributed by atoms with E-state index in [0.29, 0.717) is 5.69 Å². The Labute approximate surface area is 120 Å². The monoisotopic (exact) mass is 302 g/mol. The number of carbonyl (C=O) groups excluding carboxylic acids is 1. The highest BCUT2D eigenvalue weighted by Gasteiger charge is 2.23. The van der Waals surface area contributed by atoms with E-state index < -0.39 is 24.7 Å². The molecule has 0 saturated heterocycles. The van der Waals surface area contributed by atoms with Gasteiger partial charge in [0.05, 0.1) is 0 Å². The molecule has 116 valence electrons. The number of aliphatic carboxylic acids is 1. The predicted molar refractivity (Wildman–Crippen MR) is 71.5 cm³/mol. The Bertz CT molecular complexity index is 491. The van der Waals surface area contributed by atoms with Crippen LogP contribution in [0.5, 0.6) is 5.75 Å². The number of carbonyl (C=O) groups is 2. The van der Waals surface area contributed by atoms with Gasteiger partial charge in [-0.25, -0.2) is 9.59 Å². The molecule has 21 heavy (non-hydrogen) atoms. The normalized spacial score (nSPS) is 12.1. The van der Waals surface area contributed by atoms with Crippen molar-refractivity contribution in [3.8, 4) is 5.75 Å². The number of carboxylic acid groups (broad SMARTS) is 1. The van der Waals surface area contributed by atoms with Crippen molar-refractivity contribution in [3.63, 3.8) is 0 Å². The lowest BCUT2D eigenvalue weighted by Crippen LogP contribution is -2.46. The standard InChI is InChI=1S/C13H16F2N2O4/c1-7(2)10(11(18)19)17-13(20)16-8-3-5-9(6-4-8)21-12(14)15/h3-7,10,12H,1-2H3,(H,18,19)(H2,16,17,20)/t10-/m1/s1. The zero-order chi connectivity index (χ0) is 16.0. The molecule has 1 aromatic rings. The van der Waals surface area contributed by atoms with Gasteiger partial charge >= 0.3 is 18.6 Å². The first-order chi connectivity index (χ1) is 9.79. The van der Waals surface area contributed by atoms with Crippen LogP contribution in [0.25, 0.3) is 0 Å². The molecule has 0 saturated carbocycles. The van der Waals surface area contributed by atoms with Crippen LogP contribution < -0.4 is 15.4 Å². The van der Waals surface area contributed by atoms with Crippen LogP contribution in [-0.2, 0) is 4.79 Å². The number of ether oxygens (including phenoxy) is 1. The molecule has 6 nitrogen and oxygen atoms in total. The summed E-state index contributed by atoms with van der Waals surface area (Å²) in [4.78, 5) is 22.6. The van der Waals surface area contributed by atoms with Crippen molar-refractivity contribution in [3.05, 3.63) is 24.3 Å². The number of hydrogen-bond acceptors (Lipinski definition) is 3. The fourth-order valence-corrected chi connectivity index (χ4v) is 1.54. The molecule has 0 fully saturated rings. The second-order valence-corrected chi connectivity index (χ2v) is 4.56. The lowest BCUT2D eigenvalue weighted by atomic mass is 10.1. The highest BCUT2D eigenvalue weighted by atomic mass is 19.3. The average molecular weight is 302 g/mol. The Hall–Kier alpha value is -2.38. The van der Waals surface area contributed by atoms with Crippen molar-refractivity contribution >= 4 is 17.7 Å². The molecule has 8 heteroatoms. The van der Waals surface area contributed by atoms with Gasteiger partial charge in [-0.05, 0) is 30.2 Å². The van der Waals surface area contributed by atoms with Crippen molar-refractivity contribution in [1.82, 2.24) is 5.32 Å². The number of carboxylic acids is 1. The fourth-order valence-electron chi connectivity index (χ4n) is 1.54. The van der Waals surface area contributed by atoms with Crippen molar-refractivity contribution in [1.29, 1.82) is 0 Å². The highest BCUT2D eigenvalue weighted by molar-refractivity contribution is 5.92. The number of hydrogen-bond donors (Lipinski definition) is 3. The van der Waals surface area contributed by atoms with Crippen LogP contribution in [0.15, 0.2) is 24.3 Å². The van der Waals surface area contributed by atoms with Gasteiger partial charge in [0, 0.05) is 5.69 Å². The largest absolute Gasteiger partial charge is 0.480 e. The summed E-state index contributed by atoms with van der Waals surface area (Å²) >= 11 is 0. The van der Waals surface area contributed by atoms with Gasteiger partial charge in [0.15, 0.2) is 0 Å². The number of alkyl halides is 2. The molecular weight excluding hydrogens is 286 g/mol. The van der Waals surface area contributed by atoms with Crippen LogP contribution >= 0.6 is 0 Å². The third kappa shape index (κ3) is 5.64. The Morgan fingerprint density at radius 3 is 2.19 bits per heavy atom. The van der Waals surface area contributed by atoms with E-state index >= 15 is 0 Å². The molecule has 0 aliphatic rings. The van der Waals surface area contributed by atoms with Crippen LogP contribution in [0.2, 0.25) is 0 Å². The molecule has 1 rings (SSSR count). The Kier molecular flexibility index (Phi) is 5.89. The minimum absolute atomic E-state index is 0.0402. The summed E-state index contributed by atoms with van der Waals surface area (Å²) in [7, 11) is 0. The molecule has 2 amide bonds. The van der Waals surface area contributed by atoms with Crippen LogP contribution in [0.1, 0.15) is 13.8 Å². The second-order valence-electron chi connectivity index (χ2n) is 4.56. The van der Waals surface area contributed by atoms with Gasteiger partial charge in [0.25, 0.3) is 0 Å². The number of urea groups is 1. The van der Waals surface area contributed by atoms with Gasteiger partial charge in [-0.2, -0.15) is 8.78 Å². The maximum Gasteiger partial charge on any atom is 0.387 e. The molecule has 0 aromatic heterocycles. The first-order valence-corrected chi connectivity index (χ1v) is 6.14. The van der Waals surface area contributed by atoms with Crippen LogP contribution in [0, 0.1) is 5.92 Å². The van der Waals surface area contributed by atoms with E-state index in [2.05, 4.69) is 15.4 Å². The van der Waals surface area contributed by atoms with Crippen LogP contribution in [0.4, 0.5) is 19.3 Å². The lowest BCUT2D eigenvalue weighted by Gasteiger charge is -2.18. The number of rotatable bonds is 6. The molecule has 0 aliphatic heterocycles. The SMILES string of the molecule is CC(C)[C@@H](NC(=O)Nc1ccc(OC(F)F)cc1)C(=O)O. The van der Waals surface area contributed by atoms with Gasteiger partial charge in [-0.15, -0.1) is 0 Å². The number of nitrogens with one attached hydrogen (secondary N) is 2. The Morgan fingerprint density at radius 2 is 1.76 bits per heavy atom. The van der Waals surface area contributed by atoms with E-state index in [0.717, 1.165) is 0 Å². The summed E-state index contributed by atoms with van der Waals surface area (Å²) < 4.78 is 28.1. The third-order valence-corrected chi connectivity index (χ3v) is 2.56. The molecule has 1 atom stereocenters. The van der Waals surface area contributed by atoms with Gasteiger partial charge in [0.1, 0.15) is 11.8 Å². The fraction of sp³-hybridized carbons (Fsp3) is 0.385. The first kappa shape index (κ1) is 16.7.